The smallest absolute Gasteiger partial charge is 0.176 e. The topological polar surface area (TPSA) is 56.1 Å². The van der Waals surface area contributed by atoms with Crippen molar-refractivity contribution in [3.05, 3.63) is 18.1 Å². The molecule has 2 aromatic rings. The molecular formula is C16H23N5O. The molecule has 2 aliphatic rings. The molecule has 0 bridgehead atoms. The Morgan fingerprint density at radius 1 is 1.27 bits per heavy atom. The highest BCUT2D eigenvalue weighted by molar-refractivity contribution is 5.73. The number of fused-ring (bicyclic) bond motifs is 1. The van der Waals surface area contributed by atoms with Gasteiger partial charge < -0.3 is 9.64 Å². The van der Waals surface area contributed by atoms with E-state index < -0.39 is 0 Å². The monoisotopic (exact) mass is 301 g/mol. The Bertz CT molecular complexity index is 649. The number of hydrogen-bond donors (Lipinski definition) is 0. The Morgan fingerprint density at radius 2 is 2.18 bits per heavy atom. The maximum absolute atomic E-state index is 5.51. The van der Waals surface area contributed by atoms with Gasteiger partial charge in [-0.25, -0.2) is 14.6 Å². The number of piperidine rings is 1. The van der Waals surface area contributed by atoms with Gasteiger partial charge in [-0.2, -0.15) is 5.10 Å². The van der Waals surface area contributed by atoms with Gasteiger partial charge in [0.05, 0.1) is 12.3 Å². The van der Waals surface area contributed by atoms with Crippen molar-refractivity contribution < 1.29 is 4.74 Å². The van der Waals surface area contributed by atoms with Gasteiger partial charge in [-0.15, -0.1) is 0 Å². The Labute approximate surface area is 130 Å². The highest BCUT2D eigenvalue weighted by Gasteiger charge is 2.28. The quantitative estimate of drug-likeness (QED) is 0.861. The van der Waals surface area contributed by atoms with Crippen LogP contribution in [0.4, 0.5) is 0 Å². The van der Waals surface area contributed by atoms with Crippen molar-refractivity contribution in [2.24, 2.45) is 13.0 Å². The molecule has 0 unspecified atom stereocenters. The third-order valence-electron chi connectivity index (χ3n) is 4.92. The number of hydrogen-bond acceptors (Lipinski definition) is 5. The molecule has 4 heterocycles. The van der Waals surface area contributed by atoms with Crippen LogP contribution in [0.3, 0.4) is 0 Å². The van der Waals surface area contributed by atoms with Crippen LogP contribution in [0, 0.1) is 5.92 Å². The molecule has 6 nitrogen and oxygen atoms in total. The van der Waals surface area contributed by atoms with Crippen LogP contribution in [0.5, 0.6) is 0 Å². The van der Waals surface area contributed by atoms with E-state index in [4.69, 9.17) is 9.84 Å². The minimum Gasteiger partial charge on any atom is -0.381 e. The summed E-state index contributed by atoms with van der Waals surface area (Å²) in [7, 11) is 1.96. The van der Waals surface area contributed by atoms with E-state index in [1.54, 1.807) is 12.4 Å². The summed E-state index contributed by atoms with van der Waals surface area (Å²) in [6, 6.07) is 0. The molecule has 4 rings (SSSR count). The van der Waals surface area contributed by atoms with E-state index in [0.717, 1.165) is 43.2 Å². The molecule has 2 aliphatic heterocycles. The highest BCUT2D eigenvalue weighted by Crippen LogP contribution is 2.30. The first-order chi connectivity index (χ1) is 10.8. The lowest BCUT2D eigenvalue weighted by molar-refractivity contribution is 0.149. The zero-order chi connectivity index (χ0) is 14.9. The van der Waals surface area contributed by atoms with E-state index in [0.29, 0.717) is 11.8 Å². The molecule has 118 valence electrons. The van der Waals surface area contributed by atoms with Gasteiger partial charge in [0.2, 0.25) is 0 Å². The largest absolute Gasteiger partial charge is 0.381 e. The number of nitrogens with zero attached hydrogens (tertiary/aromatic N) is 5. The number of likely N-dealkylation sites (tertiary alicyclic amines) is 1. The Kier molecular flexibility index (Phi) is 3.80. The molecule has 6 heteroatoms. The van der Waals surface area contributed by atoms with Gasteiger partial charge in [-0.1, -0.05) is 0 Å². The molecule has 2 saturated heterocycles. The number of aromatic nitrogens is 4. The summed E-state index contributed by atoms with van der Waals surface area (Å²) in [5.74, 6) is 1.18. The predicted octanol–water partition coefficient (Wildman–Crippen LogP) is 1.58. The minimum absolute atomic E-state index is 0.469. The van der Waals surface area contributed by atoms with Crippen LogP contribution in [-0.2, 0) is 11.8 Å². The van der Waals surface area contributed by atoms with Gasteiger partial charge in [0.1, 0.15) is 5.52 Å². The third kappa shape index (κ3) is 2.61. The third-order valence-corrected chi connectivity index (χ3v) is 4.92. The molecule has 2 fully saturated rings. The summed E-state index contributed by atoms with van der Waals surface area (Å²) in [5, 5.41) is 4.72. The number of aryl methyl sites for hydroxylation is 1. The van der Waals surface area contributed by atoms with Crippen molar-refractivity contribution in [2.75, 3.05) is 32.8 Å². The molecule has 0 radical (unpaired) electrons. The standard InChI is InChI=1S/C16H23N5O/c1-20-16-15(17-5-6-18-16)14(19-20)13-3-2-7-21(10-13)9-12-4-8-22-11-12/h5-6,12-13H,2-4,7-11H2,1H3/t12-,13-/m1/s1. The van der Waals surface area contributed by atoms with Crippen molar-refractivity contribution in [1.82, 2.24) is 24.6 Å². The van der Waals surface area contributed by atoms with Crippen molar-refractivity contribution in [1.29, 1.82) is 0 Å². The Morgan fingerprint density at radius 3 is 3.05 bits per heavy atom. The predicted molar refractivity (Wildman–Crippen MR) is 83.6 cm³/mol. The Hall–Kier alpha value is -1.53. The number of rotatable bonds is 3. The molecular weight excluding hydrogens is 278 g/mol. The van der Waals surface area contributed by atoms with Gasteiger partial charge in [0.15, 0.2) is 5.65 Å². The fraction of sp³-hybridized carbons (Fsp3) is 0.688. The molecule has 0 N–H and O–H groups in total. The summed E-state index contributed by atoms with van der Waals surface area (Å²) >= 11 is 0. The van der Waals surface area contributed by atoms with E-state index >= 15 is 0 Å². The lowest BCUT2D eigenvalue weighted by Crippen LogP contribution is -2.38. The van der Waals surface area contributed by atoms with E-state index in [9.17, 15) is 0 Å². The number of ether oxygens (including phenoxy) is 1. The first kappa shape index (κ1) is 14.1. The summed E-state index contributed by atoms with van der Waals surface area (Å²) in [4.78, 5) is 11.5. The first-order valence-electron chi connectivity index (χ1n) is 8.25. The lowest BCUT2D eigenvalue weighted by atomic mass is 9.93. The van der Waals surface area contributed by atoms with Crippen LogP contribution in [0.1, 0.15) is 30.9 Å². The van der Waals surface area contributed by atoms with E-state index in [1.807, 2.05) is 11.7 Å². The van der Waals surface area contributed by atoms with Gasteiger partial charge in [0.25, 0.3) is 0 Å². The average molecular weight is 301 g/mol. The maximum atomic E-state index is 5.51. The molecule has 2 aromatic heterocycles. The molecule has 22 heavy (non-hydrogen) atoms. The van der Waals surface area contributed by atoms with E-state index in [-0.39, 0.29) is 0 Å². The van der Waals surface area contributed by atoms with E-state index in [2.05, 4.69) is 14.9 Å². The fourth-order valence-corrected chi connectivity index (χ4v) is 3.82. The van der Waals surface area contributed by atoms with Crippen molar-refractivity contribution in [3.63, 3.8) is 0 Å². The van der Waals surface area contributed by atoms with Crippen LogP contribution in [0.2, 0.25) is 0 Å². The fourth-order valence-electron chi connectivity index (χ4n) is 3.82. The van der Waals surface area contributed by atoms with Gasteiger partial charge >= 0.3 is 0 Å². The molecule has 0 aliphatic carbocycles. The van der Waals surface area contributed by atoms with Crippen molar-refractivity contribution >= 4 is 11.2 Å². The van der Waals surface area contributed by atoms with E-state index in [1.165, 1.54) is 25.8 Å². The van der Waals surface area contributed by atoms with Crippen LogP contribution in [0.15, 0.2) is 12.4 Å². The summed E-state index contributed by atoms with van der Waals surface area (Å²) in [5.41, 5.74) is 2.98. The second-order valence-electron chi connectivity index (χ2n) is 6.57. The van der Waals surface area contributed by atoms with Gasteiger partial charge in [0, 0.05) is 45.1 Å². The zero-order valence-electron chi connectivity index (χ0n) is 13.1. The van der Waals surface area contributed by atoms with Crippen LogP contribution >= 0.6 is 0 Å². The minimum atomic E-state index is 0.469. The first-order valence-corrected chi connectivity index (χ1v) is 8.25. The SMILES string of the molecule is Cn1nc([C@@H]2CCCN(C[C@H]3CCOC3)C2)c2nccnc21. The molecule has 0 amide bonds. The second-order valence-corrected chi connectivity index (χ2v) is 6.57. The molecule has 0 spiro atoms. The van der Waals surface area contributed by atoms with Crippen molar-refractivity contribution in [3.8, 4) is 0 Å². The van der Waals surface area contributed by atoms with Crippen LogP contribution in [0.25, 0.3) is 11.2 Å². The summed E-state index contributed by atoms with van der Waals surface area (Å²) < 4.78 is 7.37. The lowest BCUT2D eigenvalue weighted by Gasteiger charge is -2.33. The Balaban J connectivity index is 1.53. The molecule has 0 aromatic carbocycles. The van der Waals surface area contributed by atoms with Crippen LogP contribution < -0.4 is 0 Å². The average Bonchev–Trinajstić information content (AvgIpc) is 3.16. The maximum Gasteiger partial charge on any atom is 0.176 e. The summed E-state index contributed by atoms with van der Waals surface area (Å²) in [6.45, 7) is 5.30. The normalized spacial score (nSPS) is 26.8. The van der Waals surface area contributed by atoms with Gasteiger partial charge in [-0.05, 0) is 31.7 Å². The van der Waals surface area contributed by atoms with Crippen molar-refractivity contribution in [2.45, 2.75) is 25.2 Å². The molecule has 2 atom stereocenters. The molecule has 0 saturated carbocycles. The highest BCUT2D eigenvalue weighted by atomic mass is 16.5. The van der Waals surface area contributed by atoms with Crippen LogP contribution in [-0.4, -0.2) is 57.5 Å². The van der Waals surface area contributed by atoms with Gasteiger partial charge in [-0.3, -0.25) is 0 Å². The zero-order valence-corrected chi connectivity index (χ0v) is 13.1. The second kappa shape index (κ2) is 5.93. The summed E-state index contributed by atoms with van der Waals surface area (Å²) in [6.07, 6.45) is 7.14.